The Morgan fingerprint density at radius 1 is 0.939 bits per heavy atom. The number of carbonyl (C=O) groups excluding carboxylic acids is 1. The zero-order valence-corrected chi connectivity index (χ0v) is 19.8. The van der Waals surface area contributed by atoms with Gasteiger partial charge in [0, 0.05) is 18.3 Å². The summed E-state index contributed by atoms with van der Waals surface area (Å²) >= 11 is 0. The van der Waals surface area contributed by atoms with Crippen molar-refractivity contribution in [3.8, 4) is 11.5 Å². The van der Waals surface area contributed by atoms with Gasteiger partial charge in [0.1, 0.15) is 18.1 Å². The molecule has 0 aliphatic rings. The molecule has 0 spiro atoms. The van der Waals surface area contributed by atoms with Crippen LogP contribution in [-0.2, 0) is 10.0 Å². The highest BCUT2D eigenvalue weighted by Crippen LogP contribution is 2.20. The second-order valence-corrected chi connectivity index (χ2v) is 9.16. The number of benzene rings is 3. The SMILES string of the molecule is CCOc1ccc(NS(=O)(=O)c2ccc(C(=O)N(C)CCOc3cccc(C)c3)cc2)cc1. The van der Waals surface area contributed by atoms with Crippen LogP contribution in [0.2, 0.25) is 0 Å². The minimum Gasteiger partial charge on any atom is -0.494 e. The average molecular weight is 469 g/mol. The second kappa shape index (κ2) is 10.9. The minimum atomic E-state index is -3.79. The molecule has 0 saturated heterocycles. The van der Waals surface area contributed by atoms with E-state index in [9.17, 15) is 13.2 Å². The summed E-state index contributed by atoms with van der Waals surface area (Å²) in [5.74, 6) is 1.20. The Bertz CT molecular complexity index is 1180. The fourth-order valence-electron chi connectivity index (χ4n) is 3.10. The maximum atomic E-state index is 12.7. The Labute approximate surface area is 195 Å². The van der Waals surface area contributed by atoms with Gasteiger partial charge >= 0.3 is 0 Å². The van der Waals surface area contributed by atoms with E-state index in [2.05, 4.69) is 4.72 Å². The van der Waals surface area contributed by atoms with Crippen LogP contribution >= 0.6 is 0 Å². The summed E-state index contributed by atoms with van der Waals surface area (Å²) < 4.78 is 38.9. The number of ether oxygens (including phenoxy) is 2. The molecule has 0 fully saturated rings. The molecule has 33 heavy (non-hydrogen) atoms. The first kappa shape index (κ1) is 24.1. The van der Waals surface area contributed by atoms with Gasteiger partial charge in [-0.05, 0) is 80.1 Å². The van der Waals surface area contributed by atoms with Gasteiger partial charge < -0.3 is 14.4 Å². The molecule has 0 atom stereocenters. The van der Waals surface area contributed by atoms with Crippen LogP contribution in [0.4, 0.5) is 5.69 Å². The van der Waals surface area contributed by atoms with E-state index >= 15 is 0 Å². The van der Waals surface area contributed by atoms with E-state index in [-0.39, 0.29) is 10.8 Å². The van der Waals surface area contributed by atoms with Gasteiger partial charge in [-0.15, -0.1) is 0 Å². The number of nitrogens with zero attached hydrogens (tertiary/aromatic N) is 1. The molecule has 0 aliphatic heterocycles. The molecule has 0 saturated carbocycles. The highest BCUT2D eigenvalue weighted by atomic mass is 32.2. The topological polar surface area (TPSA) is 84.9 Å². The van der Waals surface area contributed by atoms with E-state index in [1.165, 1.54) is 29.2 Å². The standard InChI is InChI=1S/C25H28N2O5S/c1-4-31-22-12-10-21(11-13-22)26-33(29,30)24-14-8-20(9-15-24)25(28)27(3)16-17-32-23-7-5-6-19(2)18-23/h5-15,18,26H,4,16-17H2,1-3H3. The molecular weight excluding hydrogens is 440 g/mol. The molecule has 0 bridgehead atoms. The number of carbonyl (C=O) groups is 1. The molecule has 7 nitrogen and oxygen atoms in total. The number of hydrogen-bond donors (Lipinski definition) is 1. The Balaban J connectivity index is 1.57. The van der Waals surface area contributed by atoms with Crippen LogP contribution in [0.5, 0.6) is 11.5 Å². The Morgan fingerprint density at radius 2 is 1.64 bits per heavy atom. The van der Waals surface area contributed by atoms with Crippen LogP contribution in [0.15, 0.2) is 77.7 Å². The summed E-state index contributed by atoms with van der Waals surface area (Å²) in [6.45, 7) is 5.14. The first-order valence-corrected chi connectivity index (χ1v) is 12.1. The van der Waals surface area contributed by atoms with E-state index in [1.807, 2.05) is 38.1 Å². The second-order valence-electron chi connectivity index (χ2n) is 7.48. The molecule has 0 radical (unpaired) electrons. The maximum absolute atomic E-state index is 12.7. The van der Waals surface area contributed by atoms with Gasteiger partial charge in [0.05, 0.1) is 18.0 Å². The lowest BCUT2D eigenvalue weighted by atomic mass is 10.2. The predicted octanol–water partition coefficient (Wildman–Crippen LogP) is 4.35. The van der Waals surface area contributed by atoms with Crippen molar-refractivity contribution in [3.63, 3.8) is 0 Å². The molecule has 0 aromatic heterocycles. The summed E-state index contributed by atoms with van der Waals surface area (Å²) in [7, 11) is -2.10. The number of anilines is 1. The Kier molecular flexibility index (Phi) is 7.95. The highest BCUT2D eigenvalue weighted by molar-refractivity contribution is 7.92. The van der Waals surface area contributed by atoms with Crippen LogP contribution in [0.25, 0.3) is 0 Å². The van der Waals surface area contributed by atoms with Crippen LogP contribution in [-0.4, -0.2) is 46.0 Å². The van der Waals surface area contributed by atoms with Crippen molar-refractivity contribution >= 4 is 21.6 Å². The van der Waals surface area contributed by atoms with Crippen molar-refractivity contribution in [1.82, 2.24) is 4.90 Å². The molecule has 3 rings (SSSR count). The normalized spacial score (nSPS) is 11.0. The molecule has 8 heteroatoms. The zero-order valence-electron chi connectivity index (χ0n) is 18.9. The molecule has 1 amide bonds. The van der Waals surface area contributed by atoms with Crippen molar-refractivity contribution in [2.45, 2.75) is 18.7 Å². The smallest absolute Gasteiger partial charge is 0.261 e. The van der Waals surface area contributed by atoms with Crippen molar-refractivity contribution in [2.75, 3.05) is 31.5 Å². The van der Waals surface area contributed by atoms with E-state index in [1.54, 1.807) is 31.3 Å². The van der Waals surface area contributed by atoms with Crippen LogP contribution in [0.3, 0.4) is 0 Å². The van der Waals surface area contributed by atoms with Gasteiger partial charge in [-0.2, -0.15) is 0 Å². The number of aryl methyl sites for hydroxylation is 1. The largest absolute Gasteiger partial charge is 0.494 e. The van der Waals surface area contributed by atoms with Gasteiger partial charge in [0.25, 0.3) is 15.9 Å². The molecule has 0 aliphatic carbocycles. The van der Waals surface area contributed by atoms with Crippen LogP contribution in [0.1, 0.15) is 22.8 Å². The van der Waals surface area contributed by atoms with Gasteiger partial charge in [0.2, 0.25) is 0 Å². The third-order valence-corrected chi connectivity index (χ3v) is 6.26. The number of hydrogen-bond acceptors (Lipinski definition) is 5. The average Bonchev–Trinajstić information content (AvgIpc) is 2.80. The highest BCUT2D eigenvalue weighted by Gasteiger charge is 2.17. The Hall–Kier alpha value is -3.52. The van der Waals surface area contributed by atoms with Gasteiger partial charge in [0.15, 0.2) is 0 Å². The third-order valence-electron chi connectivity index (χ3n) is 4.86. The lowest BCUT2D eigenvalue weighted by molar-refractivity contribution is 0.0773. The van der Waals surface area contributed by atoms with Gasteiger partial charge in [-0.1, -0.05) is 12.1 Å². The maximum Gasteiger partial charge on any atom is 0.261 e. The fraction of sp³-hybridized carbons (Fsp3) is 0.240. The minimum absolute atomic E-state index is 0.0679. The number of nitrogens with one attached hydrogen (secondary N) is 1. The van der Waals surface area contributed by atoms with E-state index in [4.69, 9.17) is 9.47 Å². The van der Waals surface area contributed by atoms with Crippen molar-refractivity contribution < 1.29 is 22.7 Å². The number of rotatable bonds is 10. The quantitative estimate of drug-likeness (QED) is 0.478. The van der Waals surface area contributed by atoms with Crippen molar-refractivity contribution in [1.29, 1.82) is 0 Å². The molecule has 174 valence electrons. The first-order chi connectivity index (χ1) is 15.8. The van der Waals surface area contributed by atoms with Crippen molar-refractivity contribution in [3.05, 3.63) is 83.9 Å². The Morgan fingerprint density at radius 3 is 2.27 bits per heavy atom. The summed E-state index contributed by atoms with van der Waals surface area (Å²) in [6.07, 6.45) is 0. The zero-order chi connectivity index (χ0) is 23.8. The summed E-state index contributed by atoms with van der Waals surface area (Å²) in [5.41, 5.74) is 1.92. The van der Waals surface area contributed by atoms with E-state index < -0.39 is 10.0 Å². The predicted molar refractivity (Wildman–Crippen MR) is 128 cm³/mol. The van der Waals surface area contributed by atoms with Crippen molar-refractivity contribution in [2.24, 2.45) is 0 Å². The summed E-state index contributed by atoms with van der Waals surface area (Å²) in [4.78, 5) is 14.3. The molecule has 0 unspecified atom stereocenters. The molecule has 3 aromatic carbocycles. The molecule has 3 aromatic rings. The number of likely N-dealkylation sites (N-methyl/N-ethyl adjacent to an activating group) is 1. The summed E-state index contributed by atoms with van der Waals surface area (Å²) in [6, 6.07) is 20.2. The molecular formula is C25H28N2O5S. The lowest BCUT2D eigenvalue weighted by Gasteiger charge is -2.18. The van der Waals surface area contributed by atoms with Gasteiger partial charge in [-0.25, -0.2) is 8.42 Å². The number of sulfonamides is 1. The molecule has 1 N–H and O–H groups in total. The number of amides is 1. The monoisotopic (exact) mass is 468 g/mol. The van der Waals surface area contributed by atoms with Crippen LogP contribution in [0, 0.1) is 6.92 Å². The third kappa shape index (κ3) is 6.73. The van der Waals surface area contributed by atoms with E-state index in [0.717, 1.165) is 11.3 Å². The molecule has 0 heterocycles. The van der Waals surface area contributed by atoms with Crippen LogP contribution < -0.4 is 14.2 Å². The van der Waals surface area contributed by atoms with E-state index in [0.29, 0.717) is 36.8 Å². The fourth-order valence-corrected chi connectivity index (χ4v) is 4.16. The lowest BCUT2D eigenvalue weighted by Crippen LogP contribution is -2.30. The summed E-state index contributed by atoms with van der Waals surface area (Å²) in [5, 5.41) is 0. The first-order valence-electron chi connectivity index (χ1n) is 10.6. The van der Waals surface area contributed by atoms with Gasteiger partial charge in [-0.3, -0.25) is 9.52 Å².